The second-order valence-electron chi connectivity index (χ2n) is 5.37. The van der Waals surface area contributed by atoms with Crippen LogP contribution in [-0.4, -0.2) is 56.1 Å². The van der Waals surface area contributed by atoms with Gasteiger partial charge in [0.25, 0.3) is 6.43 Å². The lowest BCUT2D eigenvalue weighted by molar-refractivity contribution is 0.151. The summed E-state index contributed by atoms with van der Waals surface area (Å²) >= 11 is 0. The summed E-state index contributed by atoms with van der Waals surface area (Å²) in [5.74, 6) is 0. The highest BCUT2D eigenvalue weighted by molar-refractivity contribution is 5.24. The Kier molecular flexibility index (Phi) is 5.88. The fraction of sp³-hybridized carbons (Fsp3) is 0.600. The summed E-state index contributed by atoms with van der Waals surface area (Å²) in [6.07, 6.45) is -2.39. The highest BCUT2D eigenvalue weighted by Crippen LogP contribution is 2.19. The van der Waals surface area contributed by atoms with Gasteiger partial charge in [-0.3, -0.25) is 4.90 Å². The minimum absolute atomic E-state index is 0.100. The number of hydrogen-bond donors (Lipinski definition) is 1. The first kappa shape index (κ1) is 15.4. The zero-order valence-electron chi connectivity index (χ0n) is 12.0. The lowest BCUT2D eigenvalue weighted by atomic mass is 10.1. The number of benzene rings is 1. The largest absolute Gasteiger partial charge is 0.311 e. The molecule has 1 heterocycles. The maximum Gasteiger partial charge on any atom is 0.263 e. The predicted molar refractivity (Wildman–Crippen MR) is 77.0 cm³/mol. The van der Waals surface area contributed by atoms with Gasteiger partial charge in [0.2, 0.25) is 0 Å². The lowest BCUT2D eigenvalue weighted by Crippen LogP contribution is -2.46. The second kappa shape index (κ2) is 7.67. The number of alkyl halides is 2. The van der Waals surface area contributed by atoms with E-state index in [9.17, 15) is 8.78 Å². The summed E-state index contributed by atoms with van der Waals surface area (Å²) in [5, 5.41) is 3.33. The molecule has 0 atom stereocenters. The molecule has 1 fully saturated rings. The van der Waals surface area contributed by atoms with Crippen molar-refractivity contribution in [2.75, 3.05) is 46.3 Å². The second-order valence-corrected chi connectivity index (χ2v) is 5.37. The maximum atomic E-state index is 12.6. The van der Waals surface area contributed by atoms with Gasteiger partial charge in [0.15, 0.2) is 0 Å². The molecule has 2 rings (SSSR count). The molecule has 0 bridgehead atoms. The summed E-state index contributed by atoms with van der Waals surface area (Å²) in [4.78, 5) is 4.77. The van der Waals surface area contributed by atoms with E-state index in [1.807, 2.05) is 6.07 Å². The summed E-state index contributed by atoms with van der Waals surface area (Å²) < 4.78 is 25.2. The van der Waals surface area contributed by atoms with E-state index in [0.29, 0.717) is 6.54 Å². The van der Waals surface area contributed by atoms with Crippen LogP contribution in [0, 0.1) is 0 Å². The Hall–Kier alpha value is -1.04. The van der Waals surface area contributed by atoms with E-state index in [-0.39, 0.29) is 5.56 Å². The average molecular weight is 283 g/mol. The van der Waals surface area contributed by atoms with Crippen LogP contribution < -0.4 is 5.32 Å². The van der Waals surface area contributed by atoms with Gasteiger partial charge in [-0.25, -0.2) is 8.78 Å². The Balaban J connectivity index is 1.67. The van der Waals surface area contributed by atoms with Crippen molar-refractivity contribution < 1.29 is 8.78 Å². The number of hydrogen-bond acceptors (Lipinski definition) is 3. The fourth-order valence-electron chi connectivity index (χ4n) is 2.38. The zero-order valence-corrected chi connectivity index (χ0v) is 12.0. The van der Waals surface area contributed by atoms with Gasteiger partial charge in [-0.15, -0.1) is 0 Å². The average Bonchev–Trinajstić information content (AvgIpc) is 2.46. The molecular weight excluding hydrogens is 260 g/mol. The van der Waals surface area contributed by atoms with Crippen molar-refractivity contribution >= 4 is 0 Å². The van der Waals surface area contributed by atoms with Crippen LogP contribution in [0.5, 0.6) is 0 Å². The predicted octanol–water partition coefficient (Wildman–Crippen LogP) is 1.96. The van der Waals surface area contributed by atoms with E-state index < -0.39 is 6.43 Å². The van der Waals surface area contributed by atoms with Gasteiger partial charge < -0.3 is 10.2 Å². The van der Waals surface area contributed by atoms with Crippen LogP contribution in [0.15, 0.2) is 24.3 Å². The van der Waals surface area contributed by atoms with Crippen LogP contribution in [0.2, 0.25) is 0 Å². The number of nitrogens with one attached hydrogen (secondary N) is 1. The zero-order chi connectivity index (χ0) is 14.4. The van der Waals surface area contributed by atoms with Gasteiger partial charge in [0.05, 0.1) is 0 Å². The molecule has 5 heteroatoms. The molecule has 0 radical (unpaired) electrons. The smallest absolute Gasteiger partial charge is 0.263 e. The van der Waals surface area contributed by atoms with E-state index in [1.165, 1.54) is 6.07 Å². The highest BCUT2D eigenvalue weighted by atomic mass is 19.3. The topological polar surface area (TPSA) is 18.5 Å². The highest BCUT2D eigenvalue weighted by Gasteiger charge is 2.12. The van der Waals surface area contributed by atoms with Crippen LogP contribution in [0.3, 0.4) is 0 Å². The summed E-state index contributed by atoms with van der Waals surface area (Å²) in [6, 6.07) is 6.62. The molecule has 1 aromatic rings. The third-order valence-electron chi connectivity index (χ3n) is 3.73. The first-order chi connectivity index (χ1) is 9.65. The molecule has 0 aromatic heterocycles. The summed E-state index contributed by atoms with van der Waals surface area (Å²) in [7, 11) is 2.14. The van der Waals surface area contributed by atoms with E-state index in [1.54, 1.807) is 12.1 Å². The summed E-state index contributed by atoms with van der Waals surface area (Å²) in [6.45, 7) is 7.02. The van der Waals surface area contributed by atoms with Crippen molar-refractivity contribution in [2.45, 2.75) is 13.0 Å². The van der Waals surface area contributed by atoms with Crippen molar-refractivity contribution in [1.82, 2.24) is 15.1 Å². The van der Waals surface area contributed by atoms with E-state index in [4.69, 9.17) is 0 Å². The summed E-state index contributed by atoms with van der Waals surface area (Å²) in [5.41, 5.74) is 1.02. The van der Waals surface area contributed by atoms with Crippen LogP contribution in [0.25, 0.3) is 0 Å². The Bertz CT molecular complexity index is 404. The third kappa shape index (κ3) is 4.81. The van der Waals surface area contributed by atoms with Gasteiger partial charge in [-0.2, -0.15) is 0 Å². The molecule has 0 saturated carbocycles. The SMILES string of the molecule is CN1CCN(CCNCc2cccc(C(F)F)c2)CC1. The standard InChI is InChI=1S/C15H23F2N3/c1-19-7-9-20(10-8-19)6-5-18-12-13-3-2-4-14(11-13)15(16)17/h2-4,11,15,18H,5-10,12H2,1H3. The van der Waals surface area contributed by atoms with Crippen LogP contribution >= 0.6 is 0 Å². The molecule has 1 saturated heterocycles. The van der Waals surface area contributed by atoms with Gasteiger partial charge in [-0.1, -0.05) is 18.2 Å². The molecule has 3 nitrogen and oxygen atoms in total. The number of piperazine rings is 1. The Morgan fingerprint density at radius 3 is 2.65 bits per heavy atom. The van der Waals surface area contributed by atoms with Gasteiger partial charge in [-0.05, 0) is 18.7 Å². The maximum absolute atomic E-state index is 12.6. The molecule has 20 heavy (non-hydrogen) atoms. The van der Waals surface area contributed by atoms with Gasteiger partial charge in [0, 0.05) is 51.4 Å². The van der Waals surface area contributed by atoms with Crippen LogP contribution in [-0.2, 0) is 6.54 Å². The number of nitrogens with zero attached hydrogens (tertiary/aromatic N) is 2. The van der Waals surface area contributed by atoms with Crippen molar-refractivity contribution in [3.05, 3.63) is 35.4 Å². The van der Waals surface area contributed by atoms with Crippen molar-refractivity contribution in [2.24, 2.45) is 0 Å². The monoisotopic (exact) mass is 283 g/mol. The van der Waals surface area contributed by atoms with Crippen LogP contribution in [0.1, 0.15) is 17.6 Å². The fourth-order valence-corrected chi connectivity index (χ4v) is 2.38. The minimum Gasteiger partial charge on any atom is -0.311 e. The molecule has 0 aliphatic carbocycles. The molecular formula is C15H23F2N3. The molecule has 1 aromatic carbocycles. The molecule has 0 spiro atoms. The molecule has 1 N–H and O–H groups in total. The van der Waals surface area contributed by atoms with Gasteiger partial charge in [0.1, 0.15) is 0 Å². The van der Waals surface area contributed by atoms with Crippen molar-refractivity contribution in [3.63, 3.8) is 0 Å². The molecule has 1 aliphatic heterocycles. The molecule has 1 aliphatic rings. The van der Waals surface area contributed by atoms with E-state index in [0.717, 1.165) is 44.8 Å². The first-order valence-corrected chi connectivity index (χ1v) is 7.14. The lowest BCUT2D eigenvalue weighted by Gasteiger charge is -2.32. The quantitative estimate of drug-likeness (QED) is 0.805. The van der Waals surface area contributed by atoms with Crippen molar-refractivity contribution in [3.8, 4) is 0 Å². The molecule has 0 unspecified atom stereocenters. The Labute approximate surface area is 119 Å². The Morgan fingerprint density at radius 1 is 1.20 bits per heavy atom. The van der Waals surface area contributed by atoms with Crippen molar-refractivity contribution in [1.29, 1.82) is 0 Å². The third-order valence-corrected chi connectivity index (χ3v) is 3.73. The van der Waals surface area contributed by atoms with Gasteiger partial charge >= 0.3 is 0 Å². The first-order valence-electron chi connectivity index (χ1n) is 7.14. The molecule has 0 amide bonds. The normalized spacial score (nSPS) is 17.8. The van der Waals surface area contributed by atoms with E-state index in [2.05, 4.69) is 22.2 Å². The number of halogens is 2. The Morgan fingerprint density at radius 2 is 1.95 bits per heavy atom. The number of likely N-dealkylation sites (N-methyl/N-ethyl adjacent to an activating group) is 1. The number of rotatable bonds is 6. The van der Waals surface area contributed by atoms with E-state index >= 15 is 0 Å². The van der Waals surface area contributed by atoms with Crippen LogP contribution in [0.4, 0.5) is 8.78 Å². The minimum atomic E-state index is -2.39. The molecule has 112 valence electrons.